The van der Waals surface area contributed by atoms with Crippen LogP contribution in [0, 0.1) is 0 Å². The van der Waals surface area contributed by atoms with Gasteiger partial charge in [-0.05, 0) is 74.9 Å². The molecule has 0 saturated heterocycles. The fourth-order valence-electron chi connectivity index (χ4n) is 6.21. The summed E-state index contributed by atoms with van der Waals surface area (Å²) in [4.78, 5) is 41.0. The van der Waals surface area contributed by atoms with Gasteiger partial charge in [0.15, 0.2) is 0 Å². The number of hydrogen-bond acceptors (Lipinski definition) is 7. The molecule has 50 heavy (non-hydrogen) atoms. The highest BCUT2D eigenvalue weighted by molar-refractivity contribution is 6.13. The molecule has 3 amide bonds. The van der Waals surface area contributed by atoms with E-state index in [0.29, 0.717) is 6.54 Å². The molecule has 1 aliphatic rings. The number of fused-ring (bicyclic) bond motifs is 2. The summed E-state index contributed by atoms with van der Waals surface area (Å²) in [6, 6.07) is 33.5. The van der Waals surface area contributed by atoms with Crippen molar-refractivity contribution in [3.8, 4) is 5.69 Å². The highest BCUT2D eigenvalue weighted by Gasteiger charge is 2.23. The van der Waals surface area contributed by atoms with Gasteiger partial charge in [-0.3, -0.25) is 19.3 Å². The van der Waals surface area contributed by atoms with Gasteiger partial charge in [0.25, 0.3) is 11.8 Å². The highest BCUT2D eigenvalue weighted by atomic mass is 16.2. The van der Waals surface area contributed by atoms with Gasteiger partial charge in [0.05, 0.1) is 11.4 Å². The molecule has 0 radical (unpaired) electrons. The Hall–Kier alpha value is -5.90. The minimum atomic E-state index is -0.375. The predicted molar refractivity (Wildman–Crippen MR) is 199 cm³/mol. The summed E-state index contributed by atoms with van der Waals surface area (Å²) in [5.41, 5.74) is 7.01. The molecule has 4 aromatic carbocycles. The Morgan fingerprint density at radius 2 is 1.38 bits per heavy atom. The van der Waals surface area contributed by atoms with Crippen molar-refractivity contribution >= 4 is 62.3 Å². The van der Waals surface area contributed by atoms with E-state index in [2.05, 4.69) is 104 Å². The van der Waals surface area contributed by atoms with Crippen LogP contribution in [-0.4, -0.2) is 62.4 Å². The Bertz CT molecular complexity index is 2050. The van der Waals surface area contributed by atoms with Crippen LogP contribution in [0.4, 0.5) is 22.7 Å². The lowest BCUT2D eigenvalue weighted by Gasteiger charge is -2.21. The van der Waals surface area contributed by atoms with Gasteiger partial charge in [-0.1, -0.05) is 18.2 Å². The van der Waals surface area contributed by atoms with Gasteiger partial charge < -0.3 is 15.1 Å². The normalized spacial score (nSPS) is 12.8. The molecule has 5 aromatic rings. The third-order valence-electron chi connectivity index (χ3n) is 8.99. The summed E-state index contributed by atoms with van der Waals surface area (Å²) in [5.74, 6) is -0.935. The molecule has 0 saturated carbocycles. The van der Waals surface area contributed by atoms with Crippen LogP contribution in [0.25, 0.3) is 27.5 Å². The van der Waals surface area contributed by atoms with Crippen molar-refractivity contribution < 1.29 is 19.0 Å². The Morgan fingerprint density at radius 1 is 0.760 bits per heavy atom. The number of benzene rings is 4. The maximum atomic E-state index is 12.2. The molecule has 1 aliphatic heterocycles. The molecular formula is C40H42N7O3+. The molecule has 0 aliphatic carbocycles. The van der Waals surface area contributed by atoms with E-state index in [1.807, 2.05) is 43.4 Å². The number of para-hydroxylation sites is 1. The van der Waals surface area contributed by atoms with Crippen molar-refractivity contribution in [2.45, 2.75) is 26.7 Å². The molecule has 0 fully saturated rings. The lowest BCUT2D eigenvalue weighted by atomic mass is 10.1. The first-order valence-corrected chi connectivity index (χ1v) is 17.1. The van der Waals surface area contributed by atoms with Crippen LogP contribution >= 0.6 is 0 Å². The van der Waals surface area contributed by atoms with E-state index in [0.717, 1.165) is 70.1 Å². The van der Waals surface area contributed by atoms with Crippen LogP contribution in [0.1, 0.15) is 26.7 Å². The second-order valence-corrected chi connectivity index (χ2v) is 12.2. The fourth-order valence-corrected chi connectivity index (χ4v) is 6.21. The van der Waals surface area contributed by atoms with Crippen molar-refractivity contribution in [3.63, 3.8) is 0 Å². The van der Waals surface area contributed by atoms with Gasteiger partial charge in [-0.2, -0.15) is 14.8 Å². The first-order chi connectivity index (χ1) is 24.3. The standard InChI is InChI=1S/C40H41N7O3/c1-4-45(5-2)35-17-13-30-26-29-12-14-32(27-36(29)47(37(30)28-35)34-10-7-6-8-11-34)43-42-31-15-18-33(19-16-31)44(3)24-9-23-41-38(48)22-25-46-39(49)20-21-40(46)50/h6-8,10-21,26-28H,4-5,9,22-25H2,1-3H3/p+1. The predicted octanol–water partition coefficient (Wildman–Crippen LogP) is 6.79. The molecule has 1 aromatic heterocycles. The number of carbonyl (C=O) groups excluding carboxylic acids is 3. The lowest BCUT2D eigenvalue weighted by molar-refractivity contribution is -0.537. The van der Waals surface area contributed by atoms with Crippen molar-refractivity contribution in [2.75, 3.05) is 49.6 Å². The molecule has 2 heterocycles. The number of nitrogens with one attached hydrogen (secondary N) is 1. The number of imide groups is 1. The number of aromatic nitrogens is 1. The van der Waals surface area contributed by atoms with Crippen LogP contribution in [-0.2, 0) is 14.4 Å². The van der Waals surface area contributed by atoms with E-state index < -0.39 is 0 Å². The summed E-state index contributed by atoms with van der Waals surface area (Å²) in [5, 5.41) is 14.3. The third-order valence-corrected chi connectivity index (χ3v) is 8.99. The third kappa shape index (κ3) is 7.70. The minimum absolute atomic E-state index is 0.0871. The van der Waals surface area contributed by atoms with E-state index in [9.17, 15) is 14.4 Å². The number of nitrogens with zero attached hydrogens (tertiary/aromatic N) is 6. The maximum Gasteiger partial charge on any atom is 0.253 e. The summed E-state index contributed by atoms with van der Waals surface area (Å²) in [6.45, 7) is 7.57. The van der Waals surface area contributed by atoms with Gasteiger partial charge >= 0.3 is 0 Å². The molecule has 0 atom stereocenters. The average Bonchev–Trinajstić information content (AvgIpc) is 3.47. The van der Waals surface area contributed by atoms with Gasteiger partial charge in [-0.25, -0.2) is 0 Å². The van der Waals surface area contributed by atoms with E-state index >= 15 is 0 Å². The van der Waals surface area contributed by atoms with Gasteiger partial charge in [0, 0.05) is 105 Å². The second kappa shape index (κ2) is 15.5. The van der Waals surface area contributed by atoms with E-state index in [1.54, 1.807) is 0 Å². The number of carbonyl (C=O) groups is 3. The van der Waals surface area contributed by atoms with Gasteiger partial charge in [0.2, 0.25) is 22.6 Å². The van der Waals surface area contributed by atoms with Crippen molar-refractivity contribution in [1.82, 2.24) is 10.2 Å². The Morgan fingerprint density at radius 3 is 2.08 bits per heavy atom. The molecule has 0 spiro atoms. The van der Waals surface area contributed by atoms with Crippen LogP contribution in [0.3, 0.4) is 0 Å². The molecule has 10 heteroatoms. The van der Waals surface area contributed by atoms with Crippen LogP contribution in [0.2, 0.25) is 0 Å². The summed E-state index contributed by atoms with van der Waals surface area (Å²) >= 11 is 0. The monoisotopic (exact) mass is 668 g/mol. The van der Waals surface area contributed by atoms with Crippen LogP contribution < -0.4 is 19.7 Å². The fraction of sp³-hybridized carbons (Fsp3) is 0.250. The zero-order valence-corrected chi connectivity index (χ0v) is 28.8. The van der Waals surface area contributed by atoms with Crippen LogP contribution in [0.15, 0.2) is 119 Å². The largest absolute Gasteiger partial charge is 0.375 e. The number of anilines is 2. The number of amides is 3. The smallest absolute Gasteiger partial charge is 0.253 e. The molecule has 1 N–H and O–H groups in total. The topological polar surface area (TPSA) is 102 Å². The Labute approximate surface area is 292 Å². The molecule has 6 rings (SSSR count). The molecular weight excluding hydrogens is 626 g/mol. The van der Waals surface area contributed by atoms with E-state index in [1.165, 1.54) is 23.2 Å². The summed E-state index contributed by atoms with van der Waals surface area (Å²) in [6.07, 6.45) is 3.27. The molecule has 0 unspecified atom stereocenters. The molecule has 0 bridgehead atoms. The zero-order valence-electron chi connectivity index (χ0n) is 28.8. The maximum absolute atomic E-state index is 12.2. The van der Waals surface area contributed by atoms with E-state index in [-0.39, 0.29) is 30.7 Å². The number of pyridine rings is 1. The first-order valence-electron chi connectivity index (χ1n) is 17.1. The van der Waals surface area contributed by atoms with Gasteiger partial charge in [-0.15, -0.1) is 0 Å². The summed E-state index contributed by atoms with van der Waals surface area (Å²) in [7, 11) is 2.00. The quantitative estimate of drug-likeness (QED) is 0.0462. The minimum Gasteiger partial charge on any atom is -0.375 e. The number of hydrogen-bond donors (Lipinski definition) is 1. The second-order valence-electron chi connectivity index (χ2n) is 12.2. The number of rotatable bonds is 14. The van der Waals surface area contributed by atoms with Crippen molar-refractivity contribution in [2.24, 2.45) is 10.2 Å². The number of azo groups is 1. The zero-order chi connectivity index (χ0) is 35.0. The van der Waals surface area contributed by atoms with Gasteiger partial charge in [0.1, 0.15) is 0 Å². The van der Waals surface area contributed by atoms with E-state index in [4.69, 9.17) is 0 Å². The SMILES string of the molecule is CCN(CC)c1ccc2cc3ccc(N=Nc4ccc(N(C)CCCNC(=O)CCN5C(=O)C=CC5=O)cc4)cc3[n+](-c3ccccc3)c2c1. The summed E-state index contributed by atoms with van der Waals surface area (Å²) < 4.78 is 2.31. The van der Waals surface area contributed by atoms with Crippen molar-refractivity contribution in [1.29, 1.82) is 0 Å². The van der Waals surface area contributed by atoms with Crippen molar-refractivity contribution in [3.05, 3.63) is 109 Å². The molecule has 254 valence electrons. The highest BCUT2D eigenvalue weighted by Crippen LogP contribution is 2.28. The van der Waals surface area contributed by atoms with Crippen LogP contribution in [0.5, 0.6) is 0 Å². The first kappa shape index (κ1) is 34.0. The lowest BCUT2D eigenvalue weighted by Crippen LogP contribution is -2.35. The average molecular weight is 669 g/mol. The Kier molecular flexibility index (Phi) is 10.6. The molecule has 10 nitrogen and oxygen atoms in total. The Balaban J connectivity index is 1.11.